The van der Waals surface area contributed by atoms with Crippen LogP contribution in [0.15, 0.2) is 29.1 Å². The molecule has 7 heteroatoms. The standard InChI is InChI=1S/C17H23N3O4/c1-5-18-13-8-6-7-9-14(13)20(17(18)23)10-15(21)19(12(2)3)11-16(22)24-4/h6-9,12H,5,10-11H2,1-4H3. The van der Waals surface area contributed by atoms with Crippen LogP contribution in [0.3, 0.4) is 0 Å². The molecule has 1 aromatic carbocycles. The van der Waals surface area contributed by atoms with E-state index >= 15 is 0 Å². The Kier molecular flexibility index (Phi) is 5.43. The number of carbonyl (C=O) groups is 2. The molecule has 0 radical (unpaired) electrons. The van der Waals surface area contributed by atoms with E-state index in [0.717, 1.165) is 5.52 Å². The van der Waals surface area contributed by atoms with Gasteiger partial charge in [0, 0.05) is 12.6 Å². The highest BCUT2D eigenvalue weighted by molar-refractivity contribution is 5.84. The minimum atomic E-state index is -0.486. The van der Waals surface area contributed by atoms with Crippen molar-refractivity contribution < 1.29 is 14.3 Å². The number of fused-ring (bicyclic) bond motifs is 1. The number of nitrogens with zero attached hydrogens (tertiary/aromatic N) is 3. The average molecular weight is 333 g/mol. The number of hydrogen-bond acceptors (Lipinski definition) is 4. The zero-order valence-electron chi connectivity index (χ0n) is 14.5. The molecule has 0 aliphatic heterocycles. The van der Waals surface area contributed by atoms with Crippen LogP contribution < -0.4 is 5.69 Å². The zero-order valence-corrected chi connectivity index (χ0v) is 14.5. The van der Waals surface area contributed by atoms with Crippen molar-refractivity contribution in [1.29, 1.82) is 0 Å². The Labute approximate surface area is 140 Å². The van der Waals surface area contributed by atoms with Crippen molar-refractivity contribution in [2.75, 3.05) is 13.7 Å². The molecule has 7 nitrogen and oxygen atoms in total. The first-order valence-electron chi connectivity index (χ1n) is 7.95. The van der Waals surface area contributed by atoms with E-state index in [9.17, 15) is 14.4 Å². The second kappa shape index (κ2) is 7.33. The summed E-state index contributed by atoms with van der Waals surface area (Å²) >= 11 is 0. The minimum absolute atomic E-state index is 0.110. The van der Waals surface area contributed by atoms with Gasteiger partial charge in [-0.2, -0.15) is 0 Å². The molecule has 0 atom stereocenters. The average Bonchev–Trinajstić information content (AvgIpc) is 2.83. The normalized spacial score (nSPS) is 11.0. The van der Waals surface area contributed by atoms with Crippen molar-refractivity contribution >= 4 is 22.9 Å². The lowest BCUT2D eigenvalue weighted by Crippen LogP contribution is -2.44. The van der Waals surface area contributed by atoms with Crippen LogP contribution in [0.1, 0.15) is 20.8 Å². The summed E-state index contributed by atoms with van der Waals surface area (Å²) in [6.07, 6.45) is 0. The zero-order chi connectivity index (χ0) is 17.9. The van der Waals surface area contributed by atoms with Gasteiger partial charge in [-0.05, 0) is 32.9 Å². The molecular weight excluding hydrogens is 310 g/mol. The van der Waals surface area contributed by atoms with Gasteiger partial charge >= 0.3 is 11.7 Å². The second-order valence-electron chi connectivity index (χ2n) is 5.79. The van der Waals surface area contributed by atoms with Crippen molar-refractivity contribution in [3.8, 4) is 0 Å². The fraction of sp³-hybridized carbons (Fsp3) is 0.471. The fourth-order valence-corrected chi connectivity index (χ4v) is 2.72. The van der Waals surface area contributed by atoms with Crippen molar-refractivity contribution in [3.63, 3.8) is 0 Å². The number of aryl methyl sites for hydroxylation is 1. The number of benzene rings is 1. The van der Waals surface area contributed by atoms with Crippen LogP contribution in [-0.2, 0) is 27.4 Å². The number of carbonyl (C=O) groups excluding carboxylic acids is 2. The molecule has 1 heterocycles. The van der Waals surface area contributed by atoms with Crippen LogP contribution in [0.2, 0.25) is 0 Å². The molecule has 2 rings (SSSR count). The van der Waals surface area contributed by atoms with Crippen LogP contribution in [0.4, 0.5) is 0 Å². The van der Waals surface area contributed by atoms with E-state index in [1.165, 1.54) is 16.6 Å². The van der Waals surface area contributed by atoms with Gasteiger partial charge in [0.2, 0.25) is 5.91 Å². The molecule has 0 unspecified atom stereocenters. The summed E-state index contributed by atoms with van der Waals surface area (Å²) in [6, 6.07) is 7.19. The maximum atomic E-state index is 12.6. The lowest BCUT2D eigenvalue weighted by atomic mass is 10.3. The van der Waals surface area contributed by atoms with Crippen LogP contribution in [0, 0.1) is 0 Å². The number of para-hydroxylation sites is 2. The number of hydrogen-bond donors (Lipinski definition) is 0. The smallest absolute Gasteiger partial charge is 0.329 e. The highest BCUT2D eigenvalue weighted by Gasteiger charge is 2.23. The summed E-state index contributed by atoms with van der Waals surface area (Å²) in [5.41, 5.74) is 1.27. The highest BCUT2D eigenvalue weighted by Crippen LogP contribution is 2.13. The van der Waals surface area contributed by atoms with Gasteiger partial charge in [-0.25, -0.2) is 4.79 Å². The molecule has 0 saturated heterocycles. The Bertz CT molecular complexity index is 804. The molecule has 2 aromatic rings. The maximum Gasteiger partial charge on any atom is 0.329 e. The van der Waals surface area contributed by atoms with Gasteiger partial charge in [-0.3, -0.25) is 18.7 Å². The summed E-state index contributed by atoms with van der Waals surface area (Å²) in [4.78, 5) is 38.2. The Morgan fingerprint density at radius 1 is 1.17 bits per heavy atom. The van der Waals surface area contributed by atoms with E-state index in [4.69, 9.17) is 0 Å². The highest BCUT2D eigenvalue weighted by atomic mass is 16.5. The predicted molar refractivity (Wildman–Crippen MR) is 90.7 cm³/mol. The molecule has 0 N–H and O–H groups in total. The lowest BCUT2D eigenvalue weighted by Gasteiger charge is -2.25. The molecule has 0 saturated carbocycles. The summed E-state index contributed by atoms with van der Waals surface area (Å²) in [7, 11) is 1.28. The van der Waals surface area contributed by atoms with Crippen molar-refractivity contribution in [3.05, 3.63) is 34.7 Å². The number of aromatic nitrogens is 2. The molecule has 0 aliphatic carbocycles. The fourth-order valence-electron chi connectivity index (χ4n) is 2.72. The molecular formula is C17H23N3O4. The third kappa shape index (κ3) is 3.34. The molecule has 130 valence electrons. The summed E-state index contributed by atoms with van der Waals surface area (Å²) < 4.78 is 7.72. The largest absolute Gasteiger partial charge is 0.468 e. The molecule has 0 spiro atoms. The second-order valence-corrected chi connectivity index (χ2v) is 5.79. The lowest BCUT2D eigenvalue weighted by molar-refractivity contribution is -0.148. The Morgan fingerprint density at radius 3 is 2.25 bits per heavy atom. The van der Waals surface area contributed by atoms with Crippen LogP contribution in [0.25, 0.3) is 11.0 Å². The third-order valence-corrected chi connectivity index (χ3v) is 4.01. The summed E-state index contributed by atoms with van der Waals surface area (Å²) in [6.45, 7) is 5.81. The number of rotatable bonds is 6. The first-order valence-corrected chi connectivity index (χ1v) is 7.95. The van der Waals surface area contributed by atoms with Crippen molar-refractivity contribution in [2.45, 2.75) is 39.9 Å². The molecule has 0 fully saturated rings. The van der Waals surface area contributed by atoms with E-state index in [-0.39, 0.29) is 30.7 Å². The molecule has 1 aromatic heterocycles. The molecule has 0 bridgehead atoms. The Hall–Kier alpha value is -2.57. The van der Waals surface area contributed by atoms with Gasteiger partial charge in [-0.15, -0.1) is 0 Å². The number of esters is 1. The van der Waals surface area contributed by atoms with Crippen LogP contribution in [-0.4, -0.2) is 45.6 Å². The number of amides is 1. The van der Waals surface area contributed by atoms with E-state index in [2.05, 4.69) is 4.74 Å². The number of methoxy groups -OCH3 is 1. The van der Waals surface area contributed by atoms with Crippen molar-refractivity contribution in [1.82, 2.24) is 14.0 Å². The van der Waals surface area contributed by atoms with Crippen LogP contribution >= 0.6 is 0 Å². The van der Waals surface area contributed by atoms with Gasteiger partial charge < -0.3 is 9.64 Å². The maximum absolute atomic E-state index is 12.6. The SMILES string of the molecule is CCn1c(=O)n(CC(=O)N(CC(=O)OC)C(C)C)c2ccccc21. The van der Waals surface area contributed by atoms with E-state index in [0.29, 0.717) is 12.1 Å². The molecule has 24 heavy (non-hydrogen) atoms. The molecule has 0 aliphatic rings. The topological polar surface area (TPSA) is 73.5 Å². The van der Waals surface area contributed by atoms with Gasteiger partial charge in [-0.1, -0.05) is 12.1 Å². The van der Waals surface area contributed by atoms with Crippen molar-refractivity contribution in [2.24, 2.45) is 0 Å². The predicted octanol–water partition coefficient (Wildman–Crippen LogP) is 1.23. The third-order valence-electron chi connectivity index (χ3n) is 4.01. The van der Waals surface area contributed by atoms with E-state index < -0.39 is 5.97 Å². The number of ether oxygens (including phenoxy) is 1. The molecule has 1 amide bonds. The van der Waals surface area contributed by atoms with Gasteiger partial charge in [0.1, 0.15) is 13.1 Å². The van der Waals surface area contributed by atoms with Crippen LogP contribution in [0.5, 0.6) is 0 Å². The summed E-state index contributed by atoms with van der Waals surface area (Å²) in [5.74, 6) is -0.781. The van der Waals surface area contributed by atoms with Gasteiger partial charge in [0.25, 0.3) is 0 Å². The first kappa shape index (κ1) is 17.8. The minimum Gasteiger partial charge on any atom is -0.468 e. The van der Waals surface area contributed by atoms with Gasteiger partial charge in [0.05, 0.1) is 18.1 Å². The Balaban J connectivity index is 2.38. The number of imidazole rings is 1. The monoisotopic (exact) mass is 333 g/mol. The van der Waals surface area contributed by atoms with Gasteiger partial charge in [0.15, 0.2) is 0 Å². The summed E-state index contributed by atoms with van der Waals surface area (Å²) in [5, 5.41) is 0. The quantitative estimate of drug-likeness (QED) is 0.746. The first-order chi connectivity index (χ1) is 11.4. The van der Waals surface area contributed by atoms with E-state index in [1.807, 2.05) is 45.0 Å². The Morgan fingerprint density at radius 2 is 1.75 bits per heavy atom. The van der Waals surface area contributed by atoms with E-state index in [1.54, 1.807) is 4.57 Å².